The van der Waals surface area contributed by atoms with E-state index >= 15 is 0 Å². The predicted molar refractivity (Wildman–Crippen MR) is 107 cm³/mol. The Hall–Kier alpha value is -2.33. The van der Waals surface area contributed by atoms with Crippen LogP contribution in [0.3, 0.4) is 0 Å². The Balaban J connectivity index is 2.24. The molecule has 4 nitrogen and oxygen atoms in total. The number of anilines is 1. The van der Waals surface area contributed by atoms with E-state index < -0.39 is 11.9 Å². The fraction of sp³-hybridized carbons (Fsp3) is 0.333. The molecule has 0 radical (unpaired) electrons. The van der Waals surface area contributed by atoms with Crippen molar-refractivity contribution in [2.45, 2.75) is 40.0 Å². The van der Waals surface area contributed by atoms with Crippen molar-refractivity contribution in [3.05, 3.63) is 64.2 Å². The maximum Gasteiger partial charge on any atom is 0.328 e. The minimum Gasteiger partial charge on any atom is -0.294 e. The lowest BCUT2D eigenvalue weighted by Crippen LogP contribution is -2.43. The molecule has 0 saturated heterocycles. The zero-order chi connectivity index (χ0) is 19.1. The standard InChI is InChI=1S/C21H25ClN2O2/c1-4-6-14-24(17-12-10-15(3)11-13-17)21(26)23-20(25)19-16(5-2)8-7-9-18(19)22/h7-13H,4-6,14H2,1-3H3,(H,23,25,26). The van der Waals surface area contributed by atoms with Gasteiger partial charge in [0.15, 0.2) is 0 Å². The summed E-state index contributed by atoms with van der Waals surface area (Å²) in [6.07, 6.45) is 2.46. The number of carbonyl (C=O) groups is 2. The van der Waals surface area contributed by atoms with Crippen LogP contribution in [0.1, 0.15) is 48.2 Å². The number of nitrogens with zero attached hydrogens (tertiary/aromatic N) is 1. The zero-order valence-electron chi connectivity index (χ0n) is 15.5. The van der Waals surface area contributed by atoms with E-state index in [-0.39, 0.29) is 0 Å². The van der Waals surface area contributed by atoms with Crippen LogP contribution in [0.4, 0.5) is 10.5 Å². The highest BCUT2D eigenvalue weighted by Crippen LogP contribution is 2.21. The molecule has 0 bridgehead atoms. The Morgan fingerprint density at radius 3 is 2.38 bits per heavy atom. The van der Waals surface area contributed by atoms with Crippen LogP contribution in [-0.2, 0) is 6.42 Å². The first-order chi connectivity index (χ1) is 12.5. The first kappa shape index (κ1) is 20.0. The molecule has 26 heavy (non-hydrogen) atoms. The highest BCUT2D eigenvalue weighted by Gasteiger charge is 2.21. The lowest BCUT2D eigenvalue weighted by Gasteiger charge is -2.23. The van der Waals surface area contributed by atoms with E-state index in [0.717, 1.165) is 29.7 Å². The van der Waals surface area contributed by atoms with Crippen LogP contribution in [0, 0.1) is 6.92 Å². The Bertz CT molecular complexity index is 772. The van der Waals surface area contributed by atoms with Crippen LogP contribution in [0.2, 0.25) is 5.02 Å². The van der Waals surface area contributed by atoms with Gasteiger partial charge in [0.1, 0.15) is 0 Å². The highest BCUT2D eigenvalue weighted by molar-refractivity contribution is 6.34. The minimum atomic E-state index is -0.467. The summed E-state index contributed by atoms with van der Waals surface area (Å²) in [5.74, 6) is -0.467. The number of hydrogen-bond donors (Lipinski definition) is 1. The number of amides is 3. The zero-order valence-corrected chi connectivity index (χ0v) is 16.3. The van der Waals surface area contributed by atoms with Crippen LogP contribution >= 0.6 is 11.6 Å². The van der Waals surface area contributed by atoms with Gasteiger partial charge in [0.05, 0.1) is 10.6 Å². The molecule has 0 spiro atoms. The summed E-state index contributed by atoms with van der Waals surface area (Å²) in [4.78, 5) is 27.1. The average Bonchev–Trinajstić information content (AvgIpc) is 2.63. The van der Waals surface area contributed by atoms with E-state index in [4.69, 9.17) is 11.6 Å². The van der Waals surface area contributed by atoms with Gasteiger partial charge in [-0.25, -0.2) is 4.79 Å². The monoisotopic (exact) mass is 372 g/mol. The minimum absolute atomic E-state index is 0.352. The quantitative estimate of drug-likeness (QED) is 0.741. The first-order valence-corrected chi connectivity index (χ1v) is 9.32. The molecule has 0 fully saturated rings. The maximum absolute atomic E-state index is 12.8. The van der Waals surface area contributed by atoms with Gasteiger partial charge in [-0.2, -0.15) is 0 Å². The molecule has 0 aliphatic heterocycles. The summed E-state index contributed by atoms with van der Waals surface area (Å²) in [5.41, 5.74) is 3.07. The molecule has 3 amide bonds. The number of carbonyl (C=O) groups excluding carboxylic acids is 2. The third-order valence-corrected chi connectivity index (χ3v) is 4.57. The number of urea groups is 1. The molecule has 5 heteroatoms. The number of halogens is 1. The number of hydrogen-bond acceptors (Lipinski definition) is 2. The van der Waals surface area contributed by atoms with Crippen molar-refractivity contribution < 1.29 is 9.59 Å². The van der Waals surface area contributed by atoms with Gasteiger partial charge in [0, 0.05) is 12.2 Å². The lowest BCUT2D eigenvalue weighted by atomic mass is 10.0. The topological polar surface area (TPSA) is 49.4 Å². The molecule has 138 valence electrons. The average molecular weight is 373 g/mol. The molecular formula is C21H25ClN2O2. The second-order valence-electron chi connectivity index (χ2n) is 6.23. The summed E-state index contributed by atoms with van der Waals surface area (Å²) >= 11 is 6.20. The molecule has 0 heterocycles. The Morgan fingerprint density at radius 2 is 1.77 bits per heavy atom. The van der Waals surface area contributed by atoms with Gasteiger partial charge in [0.2, 0.25) is 0 Å². The van der Waals surface area contributed by atoms with Crippen LogP contribution in [0.15, 0.2) is 42.5 Å². The maximum atomic E-state index is 12.8. The second-order valence-corrected chi connectivity index (χ2v) is 6.63. The van der Waals surface area contributed by atoms with Crippen molar-refractivity contribution in [3.63, 3.8) is 0 Å². The fourth-order valence-corrected chi connectivity index (χ4v) is 3.01. The van der Waals surface area contributed by atoms with Crippen molar-refractivity contribution in [1.82, 2.24) is 5.32 Å². The largest absolute Gasteiger partial charge is 0.328 e. The molecule has 0 aliphatic carbocycles. The van der Waals surface area contributed by atoms with Crippen LogP contribution in [0.5, 0.6) is 0 Å². The lowest BCUT2D eigenvalue weighted by molar-refractivity contribution is 0.0965. The Kier molecular flexibility index (Phi) is 7.22. The number of unbranched alkanes of at least 4 members (excludes halogenated alkanes) is 1. The van der Waals surface area contributed by atoms with Gasteiger partial charge in [-0.3, -0.25) is 15.0 Å². The summed E-state index contributed by atoms with van der Waals surface area (Å²) in [5, 5.41) is 2.85. The Morgan fingerprint density at radius 1 is 1.08 bits per heavy atom. The van der Waals surface area contributed by atoms with Crippen LogP contribution in [-0.4, -0.2) is 18.5 Å². The molecule has 1 N–H and O–H groups in total. The SMILES string of the molecule is CCCCN(C(=O)NC(=O)c1c(Cl)cccc1CC)c1ccc(C)cc1. The van der Waals surface area contributed by atoms with E-state index in [0.29, 0.717) is 23.6 Å². The number of benzene rings is 2. The van der Waals surface area contributed by atoms with Crippen LogP contribution in [0.25, 0.3) is 0 Å². The molecule has 0 saturated carbocycles. The molecule has 2 rings (SSSR count). The third-order valence-electron chi connectivity index (χ3n) is 4.25. The smallest absolute Gasteiger partial charge is 0.294 e. The van der Waals surface area contributed by atoms with Gasteiger partial charge in [-0.15, -0.1) is 0 Å². The molecule has 2 aromatic carbocycles. The normalized spacial score (nSPS) is 10.5. The van der Waals surface area contributed by atoms with Crippen molar-refractivity contribution in [1.29, 1.82) is 0 Å². The van der Waals surface area contributed by atoms with E-state index in [1.165, 1.54) is 0 Å². The molecule has 0 aromatic heterocycles. The van der Waals surface area contributed by atoms with Crippen molar-refractivity contribution in [2.75, 3.05) is 11.4 Å². The van der Waals surface area contributed by atoms with E-state index in [2.05, 4.69) is 12.2 Å². The van der Waals surface area contributed by atoms with Crippen LogP contribution < -0.4 is 10.2 Å². The number of aryl methyl sites for hydroxylation is 2. The molecular weight excluding hydrogens is 348 g/mol. The van der Waals surface area contributed by atoms with Gasteiger partial charge in [-0.1, -0.05) is 61.7 Å². The molecule has 0 atom stereocenters. The molecule has 0 unspecified atom stereocenters. The summed E-state index contributed by atoms with van der Waals surface area (Å²) < 4.78 is 0. The number of nitrogens with one attached hydrogen (secondary N) is 1. The number of imide groups is 1. The van der Waals surface area contributed by atoms with E-state index in [1.807, 2.05) is 44.2 Å². The van der Waals surface area contributed by atoms with Crippen molar-refractivity contribution in [2.24, 2.45) is 0 Å². The molecule has 0 aliphatic rings. The van der Waals surface area contributed by atoms with Gasteiger partial charge >= 0.3 is 6.03 Å². The number of rotatable bonds is 6. The van der Waals surface area contributed by atoms with Gasteiger partial charge in [0.25, 0.3) is 5.91 Å². The van der Waals surface area contributed by atoms with Crippen molar-refractivity contribution >= 4 is 29.2 Å². The summed E-state index contributed by atoms with van der Waals surface area (Å²) in [7, 11) is 0. The van der Waals surface area contributed by atoms with Crippen molar-refractivity contribution in [3.8, 4) is 0 Å². The third kappa shape index (κ3) is 4.85. The summed E-state index contributed by atoms with van der Waals surface area (Å²) in [6, 6.07) is 12.6. The second kappa shape index (κ2) is 9.39. The van der Waals surface area contributed by atoms with E-state index in [9.17, 15) is 9.59 Å². The Labute approximate surface area is 160 Å². The highest BCUT2D eigenvalue weighted by atomic mass is 35.5. The summed E-state index contributed by atoms with van der Waals surface area (Å²) in [6.45, 7) is 6.55. The van der Waals surface area contributed by atoms with Gasteiger partial charge < -0.3 is 0 Å². The predicted octanol–water partition coefficient (Wildman–Crippen LogP) is 5.37. The van der Waals surface area contributed by atoms with E-state index in [1.54, 1.807) is 17.0 Å². The first-order valence-electron chi connectivity index (χ1n) is 8.94. The fourth-order valence-electron chi connectivity index (χ4n) is 2.73. The molecule has 2 aromatic rings. The van der Waals surface area contributed by atoms with Gasteiger partial charge in [-0.05, 0) is 43.5 Å².